The van der Waals surface area contributed by atoms with Gasteiger partial charge in [0.25, 0.3) is 0 Å². The minimum Gasteiger partial charge on any atom is -0.265 e. The second-order valence-electron chi connectivity index (χ2n) is 8.33. The number of sulfonamides is 1. The maximum Gasteiger partial charge on any atom is 0.232 e. The van der Waals surface area contributed by atoms with Gasteiger partial charge in [-0.15, -0.1) is 0 Å². The summed E-state index contributed by atoms with van der Waals surface area (Å²) in [7, 11) is -3.67. The molecule has 6 heteroatoms. The van der Waals surface area contributed by atoms with Gasteiger partial charge < -0.3 is 0 Å². The molecule has 0 bridgehead atoms. The molecule has 0 aliphatic rings. The Bertz CT molecular complexity index is 1590. The van der Waals surface area contributed by atoms with Crippen LogP contribution in [0.2, 0.25) is 5.02 Å². The van der Waals surface area contributed by atoms with Crippen molar-refractivity contribution >= 4 is 38.2 Å². The third kappa shape index (κ3) is 4.78. The van der Waals surface area contributed by atoms with Gasteiger partial charge in [0.1, 0.15) is 0 Å². The van der Waals surface area contributed by atoms with E-state index in [2.05, 4.69) is 0 Å². The highest BCUT2D eigenvalue weighted by Crippen LogP contribution is 2.44. The molecule has 0 N–H and O–H groups in total. The van der Waals surface area contributed by atoms with Gasteiger partial charge in [-0.2, -0.15) is 0 Å². The first-order valence-corrected chi connectivity index (χ1v) is 13.4. The number of hydrogen-bond donors (Lipinski definition) is 0. The third-order valence-corrected chi connectivity index (χ3v) is 7.23. The number of pyridine rings is 1. The van der Waals surface area contributed by atoms with E-state index in [1.54, 1.807) is 0 Å². The molecule has 1 aromatic heterocycles. The molecule has 0 amide bonds. The summed E-state index contributed by atoms with van der Waals surface area (Å²) in [5, 5.41) is 1.37. The smallest absolute Gasteiger partial charge is 0.232 e. The average Bonchev–Trinajstić information content (AvgIpc) is 2.87. The SMILES string of the molecule is CS(=O)(=O)N(Cc1ccccc1)c1c(-c2ccc(Cl)cc2)c(-c2ccccc2)nc2ccccc12. The van der Waals surface area contributed by atoms with Crippen molar-refractivity contribution < 1.29 is 8.42 Å². The number of fused-ring (bicyclic) bond motifs is 1. The predicted octanol–water partition coefficient (Wildman–Crippen LogP) is 7.19. The highest BCUT2D eigenvalue weighted by Gasteiger charge is 2.27. The van der Waals surface area contributed by atoms with Crippen molar-refractivity contribution in [2.45, 2.75) is 6.54 Å². The Labute approximate surface area is 210 Å². The lowest BCUT2D eigenvalue weighted by atomic mass is 9.95. The summed E-state index contributed by atoms with van der Waals surface area (Å²) in [5.74, 6) is 0. The lowest BCUT2D eigenvalue weighted by Crippen LogP contribution is -2.30. The molecule has 0 fully saturated rings. The summed E-state index contributed by atoms with van der Waals surface area (Å²) in [6.45, 7) is 0.197. The first-order valence-electron chi connectivity index (χ1n) is 11.2. The summed E-state index contributed by atoms with van der Waals surface area (Å²) in [6.07, 6.45) is 1.25. The molecule has 1 heterocycles. The molecule has 4 nitrogen and oxygen atoms in total. The molecule has 0 aliphatic heterocycles. The van der Waals surface area contributed by atoms with Crippen LogP contribution in [-0.4, -0.2) is 19.7 Å². The van der Waals surface area contributed by atoms with Gasteiger partial charge in [0.05, 0.1) is 29.7 Å². The number of nitrogens with zero attached hydrogens (tertiary/aromatic N) is 2. The van der Waals surface area contributed by atoms with E-state index < -0.39 is 10.0 Å². The van der Waals surface area contributed by atoms with Crippen LogP contribution in [0.3, 0.4) is 0 Å². The molecule has 174 valence electrons. The second-order valence-corrected chi connectivity index (χ2v) is 10.7. The van der Waals surface area contributed by atoms with E-state index in [-0.39, 0.29) is 6.54 Å². The lowest BCUT2D eigenvalue weighted by Gasteiger charge is -2.28. The molecule has 35 heavy (non-hydrogen) atoms. The number of hydrogen-bond acceptors (Lipinski definition) is 3. The summed E-state index contributed by atoms with van der Waals surface area (Å²) < 4.78 is 28.2. The lowest BCUT2D eigenvalue weighted by molar-refractivity contribution is 0.596. The maximum absolute atomic E-state index is 13.3. The van der Waals surface area contributed by atoms with Crippen molar-refractivity contribution in [1.82, 2.24) is 4.98 Å². The Kier molecular flexibility index (Phi) is 6.29. The Hall–Kier alpha value is -3.67. The topological polar surface area (TPSA) is 50.3 Å². The van der Waals surface area contributed by atoms with Crippen LogP contribution in [0.4, 0.5) is 5.69 Å². The van der Waals surface area contributed by atoms with E-state index in [1.807, 2.05) is 109 Å². The summed E-state index contributed by atoms with van der Waals surface area (Å²) >= 11 is 6.21. The van der Waals surface area contributed by atoms with Gasteiger partial charge in [0.15, 0.2) is 0 Å². The molecule has 0 saturated carbocycles. The van der Waals surface area contributed by atoms with Crippen LogP contribution in [0.25, 0.3) is 33.3 Å². The van der Waals surface area contributed by atoms with Crippen molar-refractivity contribution in [3.05, 3.63) is 120 Å². The van der Waals surface area contributed by atoms with Crippen LogP contribution in [-0.2, 0) is 16.6 Å². The van der Waals surface area contributed by atoms with Gasteiger partial charge in [-0.1, -0.05) is 103 Å². The van der Waals surface area contributed by atoms with Gasteiger partial charge in [-0.3, -0.25) is 4.31 Å². The van der Waals surface area contributed by atoms with E-state index in [0.717, 1.165) is 33.2 Å². The van der Waals surface area contributed by atoms with Crippen LogP contribution in [0, 0.1) is 0 Å². The second kappa shape index (κ2) is 9.53. The van der Waals surface area contributed by atoms with Gasteiger partial charge in [-0.05, 0) is 29.3 Å². The average molecular weight is 499 g/mol. The highest BCUT2D eigenvalue weighted by molar-refractivity contribution is 7.92. The standard InChI is InChI=1S/C29H23ClN2O2S/c1-35(33,34)32(20-21-10-4-2-5-11-21)29-25-14-8-9-15-26(25)31-28(23-12-6-3-7-13-23)27(29)22-16-18-24(30)19-17-22/h2-19H,20H2,1H3. The highest BCUT2D eigenvalue weighted by atomic mass is 35.5. The molecule has 0 unspecified atom stereocenters. The fourth-order valence-electron chi connectivity index (χ4n) is 4.26. The van der Waals surface area contributed by atoms with E-state index in [0.29, 0.717) is 16.4 Å². The zero-order valence-corrected chi connectivity index (χ0v) is 20.7. The van der Waals surface area contributed by atoms with Gasteiger partial charge >= 0.3 is 0 Å². The largest absolute Gasteiger partial charge is 0.265 e. The van der Waals surface area contributed by atoms with Crippen molar-refractivity contribution in [3.8, 4) is 22.4 Å². The first kappa shape index (κ1) is 23.1. The Morgan fingerprint density at radius 3 is 2.00 bits per heavy atom. The monoisotopic (exact) mass is 498 g/mol. The van der Waals surface area contributed by atoms with Crippen LogP contribution in [0.15, 0.2) is 109 Å². The Balaban J connectivity index is 1.91. The number of para-hydroxylation sites is 1. The molecular weight excluding hydrogens is 476 g/mol. The zero-order chi connectivity index (χ0) is 24.4. The summed E-state index contributed by atoms with van der Waals surface area (Å²) in [5.41, 5.74) is 5.41. The van der Waals surface area contributed by atoms with Crippen LogP contribution in [0.1, 0.15) is 5.56 Å². The van der Waals surface area contributed by atoms with E-state index in [9.17, 15) is 8.42 Å². The number of halogens is 1. The summed E-state index contributed by atoms with van der Waals surface area (Å²) in [4.78, 5) is 5.02. The van der Waals surface area contributed by atoms with Crippen molar-refractivity contribution in [1.29, 1.82) is 0 Å². The minimum absolute atomic E-state index is 0.197. The predicted molar refractivity (Wildman–Crippen MR) is 145 cm³/mol. The van der Waals surface area contributed by atoms with Crippen molar-refractivity contribution in [2.75, 3.05) is 10.6 Å². The number of benzene rings is 4. The molecule has 0 radical (unpaired) electrons. The Morgan fingerprint density at radius 1 is 0.743 bits per heavy atom. The van der Waals surface area contributed by atoms with Gasteiger partial charge in [-0.25, -0.2) is 13.4 Å². The fourth-order valence-corrected chi connectivity index (χ4v) is 5.29. The van der Waals surface area contributed by atoms with Crippen LogP contribution < -0.4 is 4.31 Å². The quantitative estimate of drug-likeness (QED) is 0.249. The van der Waals surface area contributed by atoms with Gasteiger partial charge in [0, 0.05) is 21.5 Å². The normalized spacial score (nSPS) is 11.5. The molecule has 5 aromatic rings. The zero-order valence-electron chi connectivity index (χ0n) is 19.1. The molecule has 4 aromatic carbocycles. The molecular formula is C29H23ClN2O2S. The van der Waals surface area contributed by atoms with E-state index >= 15 is 0 Å². The fraction of sp³-hybridized carbons (Fsp3) is 0.0690. The summed E-state index contributed by atoms with van der Waals surface area (Å²) in [6, 6.07) is 34.6. The minimum atomic E-state index is -3.67. The van der Waals surface area contributed by atoms with E-state index in [4.69, 9.17) is 16.6 Å². The van der Waals surface area contributed by atoms with Crippen molar-refractivity contribution in [3.63, 3.8) is 0 Å². The van der Waals surface area contributed by atoms with Gasteiger partial charge in [0.2, 0.25) is 10.0 Å². The molecule has 5 rings (SSSR count). The number of aromatic nitrogens is 1. The van der Waals surface area contributed by atoms with Crippen molar-refractivity contribution in [2.24, 2.45) is 0 Å². The number of anilines is 1. The molecule has 0 atom stereocenters. The third-order valence-electron chi connectivity index (χ3n) is 5.86. The molecule has 0 saturated heterocycles. The van der Waals surface area contributed by atoms with E-state index in [1.165, 1.54) is 10.6 Å². The molecule has 0 aliphatic carbocycles. The maximum atomic E-state index is 13.3. The Morgan fingerprint density at radius 2 is 1.34 bits per heavy atom. The molecule has 0 spiro atoms. The van der Waals surface area contributed by atoms with Crippen LogP contribution in [0.5, 0.6) is 0 Å². The number of rotatable bonds is 6. The van der Waals surface area contributed by atoms with Crippen LogP contribution >= 0.6 is 11.6 Å². The first-order chi connectivity index (χ1) is 16.9.